The second kappa shape index (κ2) is 6.41. The zero-order valence-corrected chi connectivity index (χ0v) is 13.2. The molecule has 1 unspecified atom stereocenters. The van der Waals surface area contributed by atoms with Crippen LogP contribution in [0.15, 0.2) is 33.6 Å². The Balaban J connectivity index is 2.01. The van der Waals surface area contributed by atoms with Crippen LogP contribution >= 0.6 is 27.7 Å². The molecular formula is C12H16BrNO2S2. The third-order valence-corrected chi connectivity index (χ3v) is 6.74. The van der Waals surface area contributed by atoms with E-state index >= 15 is 0 Å². The molecule has 0 aromatic heterocycles. The maximum absolute atomic E-state index is 12.1. The fraction of sp³-hybridized carbons (Fsp3) is 0.500. The van der Waals surface area contributed by atoms with Crippen LogP contribution in [0.5, 0.6) is 0 Å². The van der Waals surface area contributed by atoms with Crippen molar-refractivity contribution in [1.82, 2.24) is 4.72 Å². The molecule has 0 saturated carbocycles. The van der Waals surface area contributed by atoms with Crippen molar-refractivity contribution in [2.75, 3.05) is 12.3 Å². The Morgan fingerprint density at radius 3 is 2.78 bits per heavy atom. The molecule has 1 aliphatic heterocycles. The van der Waals surface area contributed by atoms with Gasteiger partial charge in [-0.3, -0.25) is 0 Å². The average molecular weight is 350 g/mol. The maximum Gasteiger partial charge on any atom is 0.241 e. The zero-order chi connectivity index (χ0) is 13.0. The SMILES string of the molecule is O=S(=O)(NCC1CCCCS1)c1ccccc1Br. The normalized spacial score (nSPS) is 20.8. The molecule has 6 heteroatoms. The molecule has 1 N–H and O–H groups in total. The largest absolute Gasteiger partial charge is 0.241 e. The van der Waals surface area contributed by atoms with Gasteiger partial charge in [0, 0.05) is 16.3 Å². The minimum absolute atomic E-state index is 0.311. The van der Waals surface area contributed by atoms with E-state index in [0.717, 1.165) is 12.2 Å². The molecule has 0 amide bonds. The number of hydrogen-bond acceptors (Lipinski definition) is 3. The second-order valence-electron chi connectivity index (χ2n) is 4.27. The Morgan fingerprint density at radius 2 is 2.11 bits per heavy atom. The summed E-state index contributed by atoms with van der Waals surface area (Å²) in [4.78, 5) is 0.311. The van der Waals surface area contributed by atoms with Gasteiger partial charge in [-0.05, 0) is 46.7 Å². The van der Waals surface area contributed by atoms with Crippen molar-refractivity contribution in [3.05, 3.63) is 28.7 Å². The van der Waals surface area contributed by atoms with Gasteiger partial charge in [0.25, 0.3) is 0 Å². The van der Waals surface area contributed by atoms with Crippen molar-refractivity contribution in [2.45, 2.75) is 29.4 Å². The highest BCUT2D eigenvalue weighted by Gasteiger charge is 2.20. The fourth-order valence-electron chi connectivity index (χ4n) is 1.91. The van der Waals surface area contributed by atoms with E-state index in [9.17, 15) is 8.42 Å². The second-order valence-corrected chi connectivity index (χ2v) is 8.27. The fourth-order valence-corrected chi connectivity index (χ4v) is 5.34. The smallest absolute Gasteiger partial charge is 0.210 e. The lowest BCUT2D eigenvalue weighted by atomic mass is 10.2. The molecule has 1 fully saturated rings. The van der Waals surface area contributed by atoms with Crippen LogP contribution in [0.2, 0.25) is 0 Å². The monoisotopic (exact) mass is 349 g/mol. The van der Waals surface area contributed by atoms with E-state index in [-0.39, 0.29) is 0 Å². The lowest BCUT2D eigenvalue weighted by molar-refractivity contribution is 0.573. The molecular weight excluding hydrogens is 334 g/mol. The minimum atomic E-state index is -3.40. The van der Waals surface area contributed by atoms with Gasteiger partial charge in [0.15, 0.2) is 0 Å². The van der Waals surface area contributed by atoms with E-state index in [1.165, 1.54) is 12.8 Å². The van der Waals surface area contributed by atoms with Crippen LogP contribution in [-0.2, 0) is 10.0 Å². The van der Waals surface area contributed by atoms with Crippen LogP contribution in [0.3, 0.4) is 0 Å². The molecule has 1 saturated heterocycles. The highest BCUT2D eigenvalue weighted by atomic mass is 79.9. The lowest BCUT2D eigenvalue weighted by Gasteiger charge is -2.21. The summed E-state index contributed by atoms with van der Waals surface area (Å²) in [7, 11) is -3.40. The minimum Gasteiger partial charge on any atom is -0.210 e. The predicted molar refractivity (Wildman–Crippen MR) is 79.4 cm³/mol. The highest BCUT2D eigenvalue weighted by molar-refractivity contribution is 9.10. The predicted octanol–water partition coefficient (Wildman–Crippen LogP) is 3.01. The van der Waals surface area contributed by atoms with Gasteiger partial charge < -0.3 is 0 Å². The van der Waals surface area contributed by atoms with Gasteiger partial charge in [-0.1, -0.05) is 18.6 Å². The molecule has 1 aliphatic rings. The van der Waals surface area contributed by atoms with Crippen molar-refractivity contribution < 1.29 is 8.42 Å². The summed E-state index contributed by atoms with van der Waals surface area (Å²) in [6.45, 7) is 0.522. The Labute approximate surface area is 121 Å². The third kappa shape index (κ3) is 3.73. The van der Waals surface area contributed by atoms with Gasteiger partial charge in [0.05, 0.1) is 4.90 Å². The van der Waals surface area contributed by atoms with Gasteiger partial charge in [-0.15, -0.1) is 0 Å². The summed E-state index contributed by atoms with van der Waals surface area (Å²) >= 11 is 5.14. The summed E-state index contributed by atoms with van der Waals surface area (Å²) in [5, 5.41) is 0.413. The maximum atomic E-state index is 12.1. The van der Waals surface area contributed by atoms with Gasteiger partial charge in [0.2, 0.25) is 10.0 Å². The van der Waals surface area contributed by atoms with Crippen molar-refractivity contribution in [2.24, 2.45) is 0 Å². The number of sulfonamides is 1. The zero-order valence-electron chi connectivity index (χ0n) is 9.93. The van der Waals surface area contributed by atoms with E-state index in [1.807, 2.05) is 11.8 Å². The third-order valence-electron chi connectivity index (χ3n) is 2.90. The van der Waals surface area contributed by atoms with Crippen LogP contribution in [0.25, 0.3) is 0 Å². The molecule has 1 atom stereocenters. The summed E-state index contributed by atoms with van der Waals surface area (Å²) < 4.78 is 27.6. The molecule has 1 aromatic rings. The van der Waals surface area contributed by atoms with Crippen molar-refractivity contribution >= 4 is 37.7 Å². The topological polar surface area (TPSA) is 46.2 Å². The molecule has 100 valence electrons. The highest BCUT2D eigenvalue weighted by Crippen LogP contribution is 2.25. The summed E-state index contributed by atoms with van der Waals surface area (Å²) in [6, 6.07) is 6.89. The van der Waals surface area contributed by atoms with Crippen LogP contribution in [0, 0.1) is 0 Å². The lowest BCUT2D eigenvalue weighted by Crippen LogP contribution is -2.32. The molecule has 0 spiro atoms. The molecule has 1 aromatic carbocycles. The molecule has 2 rings (SSSR count). The number of nitrogens with one attached hydrogen (secondary N) is 1. The van der Waals surface area contributed by atoms with Crippen LogP contribution in [-0.4, -0.2) is 26.0 Å². The van der Waals surface area contributed by atoms with Crippen molar-refractivity contribution in [3.63, 3.8) is 0 Å². The quantitative estimate of drug-likeness (QED) is 0.908. The van der Waals surface area contributed by atoms with E-state index < -0.39 is 10.0 Å². The first-order valence-corrected chi connectivity index (χ1v) is 9.28. The molecule has 0 bridgehead atoms. The number of hydrogen-bond donors (Lipinski definition) is 1. The number of rotatable bonds is 4. The van der Waals surface area contributed by atoms with Crippen LogP contribution in [0.4, 0.5) is 0 Å². The molecule has 1 heterocycles. The first-order valence-electron chi connectivity index (χ1n) is 5.95. The van der Waals surface area contributed by atoms with E-state index in [0.29, 0.717) is 21.2 Å². The Morgan fingerprint density at radius 1 is 1.33 bits per heavy atom. The first-order chi connectivity index (χ1) is 8.59. The molecule has 18 heavy (non-hydrogen) atoms. The Bertz CT molecular complexity index is 499. The number of benzene rings is 1. The van der Waals surface area contributed by atoms with E-state index in [4.69, 9.17) is 0 Å². The van der Waals surface area contributed by atoms with Crippen molar-refractivity contribution in [3.8, 4) is 0 Å². The van der Waals surface area contributed by atoms with E-state index in [2.05, 4.69) is 20.7 Å². The number of thioether (sulfide) groups is 1. The summed E-state index contributed by atoms with van der Waals surface area (Å²) in [6.07, 6.45) is 3.55. The van der Waals surface area contributed by atoms with Crippen molar-refractivity contribution in [1.29, 1.82) is 0 Å². The Hall–Kier alpha value is -0.0400. The standard InChI is InChI=1S/C12H16BrNO2S2/c13-11-6-1-2-7-12(11)18(15,16)14-9-10-5-3-4-8-17-10/h1-2,6-7,10,14H,3-5,8-9H2. The molecule has 0 radical (unpaired) electrons. The molecule has 0 aliphatic carbocycles. The van der Waals surface area contributed by atoms with E-state index in [1.54, 1.807) is 24.3 Å². The first kappa shape index (κ1) is 14.4. The average Bonchev–Trinajstić information content (AvgIpc) is 2.38. The number of halogens is 1. The summed E-state index contributed by atoms with van der Waals surface area (Å²) in [5.74, 6) is 1.14. The van der Waals surface area contributed by atoms with Gasteiger partial charge in [-0.2, -0.15) is 11.8 Å². The van der Waals surface area contributed by atoms with Gasteiger partial charge in [0.1, 0.15) is 0 Å². The Kier molecular flexibility index (Phi) is 5.12. The van der Waals surface area contributed by atoms with Crippen LogP contribution in [0.1, 0.15) is 19.3 Å². The molecule has 3 nitrogen and oxygen atoms in total. The van der Waals surface area contributed by atoms with Crippen LogP contribution < -0.4 is 4.72 Å². The summed E-state index contributed by atoms with van der Waals surface area (Å²) in [5.41, 5.74) is 0. The van der Waals surface area contributed by atoms with Gasteiger partial charge in [-0.25, -0.2) is 13.1 Å². The van der Waals surface area contributed by atoms with Gasteiger partial charge >= 0.3 is 0 Å².